The van der Waals surface area contributed by atoms with Crippen molar-refractivity contribution >= 4 is 22.6 Å². The summed E-state index contributed by atoms with van der Waals surface area (Å²) in [4.78, 5) is 0. The number of hydrogen-bond acceptors (Lipinski definition) is 4. The third-order valence-corrected chi connectivity index (χ3v) is 2.33. The fourth-order valence-electron chi connectivity index (χ4n) is 1.23. The molecule has 5 nitrogen and oxygen atoms in total. The highest BCUT2D eigenvalue weighted by Crippen LogP contribution is 2.18. The number of halogens is 1. The largest absolute Gasteiger partial charge is 0.508 e. The van der Waals surface area contributed by atoms with Crippen LogP contribution in [-0.2, 0) is 6.54 Å². The Hall–Kier alpha value is -1.62. The number of rotatable bonds is 2. The van der Waals surface area contributed by atoms with Crippen molar-refractivity contribution in [3.05, 3.63) is 24.3 Å². The van der Waals surface area contributed by atoms with Crippen LogP contribution in [0, 0.1) is 9.85 Å². The van der Waals surface area contributed by atoms with E-state index in [-0.39, 0.29) is 5.75 Å². The van der Waals surface area contributed by atoms with Crippen molar-refractivity contribution in [3.63, 3.8) is 0 Å². The zero-order chi connectivity index (χ0) is 11.4. The number of tetrazole rings is 1. The highest BCUT2D eigenvalue weighted by molar-refractivity contribution is 14.1. The van der Waals surface area contributed by atoms with Crippen LogP contribution in [0.2, 0.25) is 0 Å². The van der Waals surface area contributed by atoms with E-state index in [1.165, 1.54) is 0 Å². The fraction of sp³-hybridized carbons (Fsp3) is 0.100. The van der Waals surface area contributed by atoms with E-state index in [4.69, 9.17) is 0 Å². The molecule has 2 rings (SSSR count). The molecule has 0 unspecified atom stereocenters. The molecule has 16 heavy (non-hydrogen) atoms. The van der Waals surface area contributed by atoms with Crippen molar-refractivity contribution in [1.29, 1.82) is 0 Å². The maximum Gasteiger partial charge on any atom is 0.182 e. The Morgan fingerprint density at radius 1 is 1.31 bits per heavy atom. The Morgan fingerprint density at radius 2 is 2.06 bits per heavy atom. The summed E-state index contributed by atoms with van der Waals surface area (Å²) in [5.74, 6) is 3.74. The highest BCUT2D eigenvalue weighted by atomic mass is 127. The molecule has 0 saturated carbocycles. The molecule has 2 aromatic rings. The first-order valence-corrected chi connectivity index (χ1v) is 5.53. The first kappa shape index (κ1) is 10.9. The fourth-order valence-corrected chi connectivity index (χ4v) is 1.40. The Morgan fingerprint density at radius 3 is 2.75 bits per heavy atom. The first-order chi connectivity index (χ1) is 7.81. The Kier molecular flexibility index (Phi) is 3.36. The number of nitrogens with zero attached hydrogens (tertiary/aromatic N) is 4. The van der Waals surface area contributed by atoms with E-state index in [1.807, 2.05) is 22.6 Å². The molecule has 1 aromatic carbocycles. The summed E-state index contributed by atoms with van der Waals surface area (Å²) < 4.78 is 4.37. The molecule has 0 aliphatic heterocycles. The molecule has 80 valence electrons. The molecule has 0 amide bonds. The van der Waals surface area contributed by atoms with E-state index < -0.39 is 0 Å². The summed E-state index contributed by atoms with van der Waals surface area (Å²) in [6.07, 6.45) is 0. The second-order valence-electron chi connectivity index (χ2n) is 2.98. The Balaban J connectivity index is 2.35. The van der Waals surface area contributed by atoms with Crippen LogP contribution in [0.15, 0.2) is 24.3 Å². The second-order valence-corrected chi connectivity index (χ2v) is 3.52. The zero-order valence-corrected chi connectivity index (χ0v) is 10.3. The van der Waals surface area contributed by atoms with Gasteiger partial charge in [-0.25, -0.2) is 4.68 Å². The van der Waals surface area contributed by atoms with Crippen molar-refractivity contribution < 1.29 is 5.11 Å². The number of aromatic nitrogens is 4. The maximum absolute atomic E-state index is 9.18. The normalized spacial score (nSPS) is 9.56. The lowest BCUT2D eigenvalue weighted by atomic mass is 10.2. The minimum atomic E-state index is 0.217. The van der Waals surface area contributed by atoms with Crippen molar-refractivity contribution in [2.24, 2.45) is 0 Å². The van der Waals surface area contributed by atoms with E-state index in [2.05, 4.69) is 25.4 Å². The van der Waals surface area contributed by atoms with E-state index in [0.29, 0.717) is 12.4 Å². The van der Waals surface area contributed by atoms with E-state index >= 15 is 0 Å². The lowest BCUT2D eigenvalue weighted by molar-refractivity contribution is 0.475. The van der Waals surface area contributed by atoms with Gasteiger partial charge in [0.05, 0.1) is 0 Å². The van der Waals surface area contributed by atoms with E-state index in [9.17, 15) is 5.11 Å². The van der Waals surface area contributed by atoms with Crippen molar-refractivity contribution in [2.75, 3.05) is 0 Å². The van der Waals surface area contributed by atoms with Crippen LogP contribution in [-0.4, -0.2) is 25.3 Å². The van der Waals surface area contributed by atoms with Gasteiger partial charge in [0.2, 0.25) is 0 Å². The summed E-state index contributed by atoms with van der Waals surface area (Å²) >= 11 is 1.97. The van der Waals surface area contributed by atoms with Crippen LogP contribution in [0.4, 0.5) is 0 Å². The predicted octanol–water partition coefficient (Wildman–Crippen LogP) is 1.44. The average molecular weight is 326 g/mol. The summed E-state index contributed by atoms with van der Waals surface area (Å²) in [5, 5.41) is 20.5. The quantitative estimate of drug-likeness (QED) is 0.670. The van der Waals surface area contributed by atoms with Gasteiger partial charge in [0.15, 0.2) is 5.82 Å². The van der Waals surface area contributed by atoms with Gasteiger partial charge in [-0.15, -0.1) is 5.10 Å². The Labute approximate surface area is 106 Å². The molecular formula is C10H7IN4O. The molecule has 0 aliphatic rings. The standard InChI is InChI=1S/C10H7IN4O/c11-6-1-7-15-10(12-13-14-15)8-2-4-9(16)5-3-8/h2-5,16H,7H2. The molecule has 0 fully saturated rings. The number of phenolic OH excluding ortho intramolecular Hbond substituents is 1. The Bertz CT molecular complexity index is 538. The molecule has 0 saturated heterocycles. The van der Waals surface area contributed by atoms with Gasteiger partial charge in [0, 0.05) is 28.2 Å². The van der Waals surface area contributed by atoms with Gasteiger partial charge in [-0.3, -0.25) is 0 Å². The monoisotopic (exact) mass is 326 g/mol. The van der Waals surface area contributed by atoms with Gasteiger partial charge in [-0.2, -0.15) is 0 Å². The van der Waals surface area contributed by atoms with Crippen LogP contribution in [0.1, 0.15) is 0 Å². The average Bonchev–Trinajstić information content (AvgIpc) is 2.75. The SMILES string of the molecule is Oc1ccc(-c2nnnn2CC#CI)cc1. The van der Waals surface area contributed by atoms with Crippen LogP contribution in [0.3, 0.4) is 0 Å². The summed E-state index contributed by atoms with van der Waals surface area (Å²) in [7, 11) is 0. The minimum Gasteiger partial charge on any atom is -0.508 e. The third kappa shape index (κ3) is 2.30. The van der Waals surface area contributed by atoms with Crippen LogP contribution >= 0.6 is 22.6 Å². The topological polar surface area (TPSA) is 63.8 Å². The van der Waals surface area contributed by atoms with E-state index in [1.54, 1.807) is 28.9 Å². The summed E-state index contributed by atoms with van der Waals surface area (Å²) in [6, 6.07) is 6.71. The van der Waals surface area contributed by atoms with Crippen LogP contribution in [0.5, 0.6) is 5.75 Å². The van der Waals surface area contributed by atoms with Crippen LogP contribution < -0.4 is 0 Å². The smallest absolute Gasteiger partial charge is 0.182 e. The minimum absolute atomic E-state index is 0.217. The second kappa shape index (κ2) is 4.94. The maximum atomic E-state index is 9.18. The van der Waals surface area contributed by atoms with E-state index in [0.717, 1.165) is 5.56 Å². The molecule has 0 spiro atoms. The van der Waals surface area contributed by atoms with Gasteiger partial charge in [-0.1, -0.05) is 5.92 Å². The van der Waals surface area contributed by atoms with Gasteiger partial charge < -0.3 is 5.11 Å². The van der Waals surface area contributed by atoms with Crippen molar-refractivity contribution in [2.45, 2.75) is 6.54 Å². The molecule has 0 atom stereocenters. The molecule has 1 N–H and O–H groups in total. The van der Waals surface area contributed by atoms with Crippen LogP contribution in [0.25, 0.3) is 11.4 Å². The highest BCUT2D eigenvalue weighted by Gasteiger charge is 2.07. The molecule has 6 heteroatoms. The predicted molar refractivity (Wildman–Crippen MR) is 66.7 cm³/mol. The lowest BCUT2D eigenvalue weighted by Crippen LogP contribution is -2.00. The molecule has 0 radical (unpaired) electrons. The third-order valence-electron chi connectivity index (χ3n) is 1.95. The number of phenols is 1. The molecule has 0 aliphatic carbocycles. The van der Waals surface area contributed by atoms with Gasteiger partial charge in [-0.05, 0) is 38.6 Å². The lowest BCUT2D eigenvalue weighted by Gasteiger charge is -2.00. The molecule has 1 aromatic heterocycles. The van der Waals surface area contributed by atoms with Crippen molar-refractivity contribution in [3.8, 4) is 27.0 Å². The summed E-state index contributed by atoms with van der Waals surface area (Å²) in [6.45, 7) is 0.451. The van der Waals surface area contributed by atoms with Gasteiger partial charge in [0.25, 0.3) is 0 Å². The first-order valence-electron chi connectivity index (χ1n) is 4.45. The van der Waals surface area contributed by atoms with Gasteiger partial charge in [0.1, 0.15) is 12.3 Å². The molecule has 1 heterocycles. The van der Waals surface area contributed by atoms with Gasteiger partial charge >= 0.3 is 0 Å². The number of aromatic hydroxyl groups is 1. The zero-order valence-electron chi connectivity index (χ0n) is 8.13. The summed E-state index contributed by atoms with van der Waals surface area (Å²) in [5.41, 5.74) is 0.845. The number of hydrogen-bond donors (Lipinski definition) is 1. The molecular weight excluding hydrogens is 319 g/mol. The molecule has 0 bridgehead atoms. The number of benzene rings is 1. The van der Waals surface area contributed by atoms with Crippen molar-refractivity contribution in [1.82, 2.24) is 20.2 Å².